The van der Waals surface area contributed by atoms with E-state index in [0.717, 1.165) is 25.9 Å². The van der Waals surface area contributed by atoms with Gasteiger partial charge in [-0.3, -0.25) is 0 Å². The van der Waals surface area contributed by atoms with Crippen molar-refractivity contribution in [3.8, 4) is 0 Å². The zero-order valence-electron chi connectivity index (χ0n) is 10.1. The molecule has 0 aromatic heterocycles. The molecule has 1 saturated heterocycles. The zero-order chi connectivity index (χ0) is 12.2. The summed E-state index contributed by atoms with van der Waals surface area (Å²) in [5, 5.41) is 0. The summed E-state index contributed by atoms with van der Waals surface area (Å²) in [6, 6.07) is 0. The Balaban J connectivity index is 2.37. The molecule has 0 spiro atoms. The van der Waals surface area contributed by atoms with Crippen LogP contribution in [0.1, 0.15) is 12.8 Å². The molecule has 0 unspecified atom stereocenters. The van der Waals surface area contributed by atoms with E-state index >= 15 is 0 Å². The average Bonchev–Trinajstić information content (AvgIpc) is 2.26. The molecular formula is C10H22N2O2S2. The lowest BCUT2D eigenvalue weighted by atomic mass is 9.96. The molecule has 0 amide bonds. The Morgan fingerprint density at radius 1 is 1.38 bits per heavy atom. The molecule has 2 N–H and O–H groups in total. The van der Waals surface area contributed by atoms with Gasteiger partial charge in [-0.2, -0.15) is 11.8 Å². The maximum absolute atomic E-state index is 11.1. The number of likely N-dealkylation sites (tertiary alicyclic amines) is 1. The van der Waals surface area contributed by atoms with Gasteiger partial charge < -0.3 is 10.6 Å². The third-order valence-electron chi connectivity index (χ3n) is 3.35. The highest BCUT2D eigenvalue weighted by Gasteiger charge is 2.32. The van der Waals surface area contributed by atoms with Gasteiger partial charge in [0, 0.05) is 24.1 Å². The maximum atomic E-state index is 11.1. The molecular weight excluding hydrogens is 244 g/mol. The van der Waals surface area contributed by atoms with Gasteiger partial charge in [0.2, 0.25) is 0 Å². The molecule has 0 aromatic carbocycles. The van der Waals surface area contributed by atoms with E-state index in [9.17, 15) is 8.42 Å². The summed E-state index contributed by atoms with van der Waals surface area (Å²) < 4.78 is 22.3. The molecule has 0 radical (unpaired) electrons. The highest BCUT2D eigenvalue weighted by molar-refractivity contribution is 8.00. The minimum Gasteiger partial charge on any atom is -0.329 e. The molecule has 16 heavy (non-hydrogen) atoms. The molecule has 0 saturated carbocycles. The van der Waals surface area contributed by atoms with Crippen molar-refractivity contribution in [1.82, 2.24) is 4.90 Å². The van der Waals surface area contributed by atoms with E-state index in [1.807, 2.05) is 11.8 Å². The average molecular weight is 266 g/mol. The summed E-state index contributed by atoms with van der Waals surface area (Å²) in [5.74, 6) is 0.266. The van der Waals surface area contributed by atoms with Crippen molar-refractivity contribution in [3.05, 3.63) is 0 Å². The maximum Gasteiger partial charge on any atom is 0.148 e. The Hall–Kier alpha value is 0.220. The fraction of sp³-hybridized carbons (Fsp3) is 1.00. The summed E-state index contributed by atoms with van der Waals surface area (Å²) in [5.41, 5.74) is 5.80. The molecule has 0 aliphatic carbocycles. The van der Waals surface area contributed by atoms with Crippen LogP contribution in [0.5, 0.6) is 0 Å². The number of thioether (sulfide) groups is 1. The van der Waals surface area contributed by atoms with Crippen LogP contribution in [0.4, 0.5) is 0 Å². The van der Waals surface area contributed by atoms with Crippen molar-refractivity contribution in [1.29, 1.82) is 0 Å². The van der Waals surface area contributed by atoms with Gasteiger partial charge in [0.25, 0.3) is 0 Å². The molecule has 1 rings (SSSR count). The number of rotatable bonds is 5. The third kappa shape index (κ3) is 4.24. The smallest absolute Gasteiger partial charge is 0.148 e. The van der Waals surface area contributed by atoms with E-state index < -0.39 is 9.84 Å². The van der Waals surface area contributed by atoms with Crippen molar-refractivity contribution < 1.29 is 8.42 Å². The summed E-state index contributed by atoms with van der Waals surface area (Å²) in [6.07, 6.45) is 5.53. The number of piperidine rings is 1. The number of hydrogen-bond acceptors (Lipinski definition) is 5. The second-order valence-electron chi connectivity index (χ2n) is 4.56. The van der Waals surface area contributed by atoms with Crippen LogP contribution in [0, 0.1) is 0 Å². The van der Waals surface area contributed by atoms with Crippen molar-refractivity contribution in [2.24, 2.45) is 5.73 Å². The predicted molar refractivity (Wildman–Crippen MR) is 70.7 cm³/mol. The van der Waals surface area contributed by atoms with Crippen LogP contribution < -0.4 is 5.73 Å². The van der Waals surface area contributed by atoms with Crippen LogP contribution in [0.15, 0.2) is 0 Å². The fourth-order valence-corrected chi connectivity index (χ4v) is 3.32. The first kappa shape index (κ1) is 14.3. The lowest BCUT2D eigenvalue weighted by Crippen LogP contribution is -2.47. The van der Waals surface area contributed by atoms with Crippen molar-refractivity contribution in [2.75, 3.05) is 44.4 Å². The Morgan fingerprint density at radius 3 is 2.31 bits per heavy atom. The Morgan fingerprint density at radius 2 is 1.94 bits per heavy atom. The zero-order valence-corrected chi connectivity index (χ0v) is 11.7. The molecule has 6 heteroatoms. The lowest BCUT2D eigenvalue weighted by molar-refractivity contribution is 0.212. The van der Waals surface area contributed by atoms with Crippen LogP contribution in [0.25, 0.3) is 0 Å². The molecule has 1 heterocycles. The minimum atomic E-state index is -2.83. The van der Waals surface area contributed by atoms with E-state index in [2.05, 4.69) is 11.2 Å². The second-order valence-corrected chi connectivity index (χ2v) is 8.10. The van der Waals surface area contributed by atoms with Crippen LogP contribution in [-0.2, 0) is 9.84 Å². The number of nitrogens with zero attached hydrogens (tertiary/aromatic N) is 1. The molecule has 1 aliphatic heterocycles. The first-order chi connectivity index (χ1) is 7.41. The van der Waals surface area contributed by atoms with Gasteiger partial charge in [-0.25, -0.2) is 8.42 Å². The summed E-state index contributed by atoms with van der Waals surface area (Å²) in [6.45, 7) is 3.31. The first-order valence-electron chi connectivity index (χ1n) is 5.56. The van der Waals surface area contributed by atoms with Crippen LogP contribution in [0.2, 0.25) is 0 Å². The van der Waals surface area contributed by atoms with Crippen LogP contribution >= 0.6 is 11.8 Å². The first-order valence-corrected chi connectivity index (χ1v) is 8.85. The normalized spacial score (nSPS) is 22.2. The summed E-state index contributed by atoms with van der Waals surface area (Å²) in [7, 11) is -2.83. The van der Waals surface area contributed by atoms with E-state index in [0.29, 0.717) is 13.1 Å². The Kier molecular flexibility index (Phi) is 5.10. The molecule has 1 aliphatic rings. The van der Waals surface area contributed by atoms with Gasteiger partial charge in [0.05, 0.1) is 5.75 Å². The fourth-order valence-electron chi connectivity index (χ4n) is 1.97. The van der Waals surface area contributed by atoms with Crippen molar-refractivity contribution in [2.45, 2.75) is 17.6 Å². The van der Waals surface area contributed by atoms with Crippen molar-refractivity contribution >= 4 is 21.6 Å². The van der Waals surface area contributed by atoms with Gasteiger partial charge in [-0.05, 0) is 32.2 Å². The van der Waals surface area contributed by atoms with Gasteiger partial charge in [-0.1, -0.05) is 0 Å². The topological polar surface area (TPSA) is 63.4 Å². The minimum absolute atomic E-state index is 0.224. The summed E-state index contributed by atoms with van der Waals surface area (Å²) in [4.78, 5) is 2.23. The SMILES string of the molecule is CSC1(CN)CCN(CCS(C)(=O)=O)CC1. The Bertz CT molecular complexity index is 303. The molecule has 1 fully saturated rings. The molecule has 0 aromatic rings. The van der Waals surface area contributed by atoms with Gasteiger partial charge >= 0.3 is 0 Å². The summed E-state index contributed by atoms with van der Waals surface area (Å²) >= 11 is 1.85. The van der Waals surface area contributed by atoms with E-state index in [1.54, 1.807) is 0 Å². The lowest BCUT2D eigenvalue weighted by Gasteiger charge is -2.40. The third-order valence-corrected chi connectivity index (χ3v) is 5.72. The molecule has 0 atom stereocenters. The second kappa shape index (κ2) is 5.71. The molecule has 96 valence electrons. The predicted octanol–water partition coefficient (Wildman–Crippen LogP) is 0.187. The standard InChI is InChI=1S/C10H22N2O2S2/c1-15-10(9-11)3-5-12(6-4-10)7-8-16(2,13)14/h3-9,11H2,1-2H3. The molecule has 4 nitrogen and oxygen atoms in total. The number of nitrogens with two attached hydrogens (primary N) is 1. The number of sulfone groups is 1. The van der Waals surface area contributed by atoms with Gasteiger partial charge in [0.1, 0.15) is 9.84 Å². The quantitative estimate of drug-likeness (QED) is 0.769. The highest BCUT2D eigenvalue weighted by Crippen LogP contribution is 2.33. The molecule has 0 bridgehead atoms. The van der Waals surface area contributed by atoms with Crippen LogP contribution in [-0.4, -0.2) is 62.5 Å². The van der Waals surface area contributed by atoms with E-state index in [1.165, 1.54) is 6.26 Å². The van der Waals surface area contributed by atoms with E-state index in [-0.39, 0.29) is 10.5 Å². The Labute approximate surface area is 103 Å². The van der Waals surface area contributed by atoms with Gasteiger partial charge in [-0.15, -0.1) is 0 Å². The number of hydrogen-bond donors (Lipinski definition) is 1. The van der Waals surface area contributed by atoms with Crippen LogP contribution in [0.3, 0.4) is 0 Å². The monoisotopic (exact) mass is 266 g/mol. The van der Waals surface area contributed by atoms with E-state index in [4.69, 9.17) is 5.73 Å². The van der Waals surface area contributed by atoms with Crippen molar-refractivity contribution in [3.63, 3.8) is 0 Å². The highest BCUT2D eigenvalue weighted by atomic mass is 32.2. The largest absolute Gasteiger partial charge is 0.329 e. The van der Waals surface area contributed by atoms with Gasteiger partial charge in [0.15, 0.2) is 0 Å².